The van der Waals surface area contributed by atoms with E-state index < -0.39 is 6.10 Å². The molecule has 5 heteroatoms. The summed E-state index contributed by atoms with van der Waals surface area (Å²) in [6.07, 6.45) is -0.417. The SMILES string of the molecule is COC(C)C(=O)N1CCN(c2ccccc2F)CC1. The number of benzene rings is 1. The molecule has 1 aromatic carbocycles. The van der Waals surface area contributed by atoms with E-state index in [1.54, 1.807) is 24.0 Å². The molecule has 19 heavy (non-hydrogen) atoms. The zero-order valence-electron chi connectivity index (χ0n) is 11.3. The number of piperazine rings is 1. The summed E-state index contributed by atoms with van der Waals surface area (Å²) in [7, 11) is 1.53. The molecule has 0 spiro atoms. The molecule has 1 heterocycles. The highest BCUT2D eigenvalue weighted by Gasteiger charge is 2.25. The van der Waals surface area contributed by atoms with Crippen LogP contribution in [0.3, 0.4) is 0 Å². The van der Waals surface area contributed by atoms with Crippen molar-refractivity contribution < 1.29 is 13.9 Å². The van der Waals surface area contributed by atoms with E-state index in [-0.39, 0.29) is 11.7 Å². The smallest absolute Gasteiger partial charge is 0.251 e. The van der Waals surface area contributed by atoms with Crippen molar-refractivity contribution in [2.45, 2.75) is 13.0 Å². The zero-order valence-corrected chi connectivity index (χ0v) is 11.3. The summed E-state index contributed by atoms with van der Waals surface area (Å²) in [6.45, 7) is 4.22. The summed E-state index contributed by atoms with van der Waals surface area (Å²) in [5.74, 6) is -0.219. The minimum absolute atomic E-state index is 0.00400. The van der Waals surface area contributed by atoms with E-state index in [9.17, 15) is 9.18 Å². The fraction of sp³-hybridized carbons (Fsp3) is 0.500. The Morgan fingerprint density at radius 2 is 1.89 bits per heavy atom. The molecule has 0 saturated carbocycles. The van der Waals surface area contributed by atoms with Crippen LogP contribution in [0.4, 0.5) is 10.1 Å². The summed E-state index contributed by atoms with van der Waals surface area (Å²) in [4.78, 5) is 15.7. The van der Waals surface area contributed by atoms with Crippen molar-refractivity contribution >= 4 is 11.6 Å². The third kappa shape index (κ3) is 3.04. The molecule has 0 bridgehead atoms. The third-order valence-electron chi connectivity index (χ3n) is 3.49. The number of anilines is 1. The topological polar surface area (TPSA) is 32.8 Å². The van der Waals surface area contributed by atoms with Crippen LogP contribution in [0, 0.1) is 5.82 Å². The van der Waals surface area contributed by atoms with Gasteiger partial charge < -0.3 is 14.5 Å². The Kier molecular flexibility index (Phi) is 4.37. The number of carbonyl (C=O) groups excluding carboxylic acids is 1. The summed E-state index contributed by atoms with van der Waals surface area (Å²) in [5, 5.41) is 0. The van der Waals surface area contributed by atoms with Gasteiger partial charge in [0.15, 0.2) is 0 Å². The van der Waals surface area contributed by atoms with Gasteiger partial charge in [-0.2, -0.15) is 0 Å². The van der Waals surface area contributed by atoms with Crippen LogP contribution in [-0.4, -0.2) is 50.2 Å². The Morgan fingerprint density at radius 3 is 2.47 bits per heavy atom. The number of methoxy groups -OCH3 is 1. The maximum atomic E-state index is 13.7. The average Bonchev–Trinajstić information content (AvgIpc) is 2.46. The highest BCUT2D eigenvalue weighted by molar-refractivity contribution is 5.80. The molecule has 1 amide bonds. The molecular formula is C14H19FN2O2. The number of para-hydroxylation sites is 1. The molecule has 4 nitrogen and oxygen atoms in total. The van der Waals surface area contributed by atoms with Crippen LogP contribution in [0.5, 0.6) is 0 Å². The molecule has 1 fully saturated rings. The second-order valence-corrected chi connectivity index (χ2v) is 4.64. The summed E-state index contributed by atoms with van der Waals surface area (Å²) < 4.78 is 18.7. The molecular weight excluding hydrogens is 247 g/mol. The van der Waals surface area contributed by atoms with Gasteiger partial charge in [0.25, 0.3) is 5.91 Å². The third-order valence-corrected chi connectivity index (χ3v) is 3.49. The average molecular weight is 266 g/mol. The van der Waals surface area contributed by atoms with Crippen LogP contribution in [0.1, 0.15) is 6.92 Å². The van der Waals surface area contributed by atoms with E-state index in [2.05, 4.69) is 0 Å². The number of amides is 1. The fourth-order valence-corrected chi connectivity index (χ4v) is 2.23. The number of rotatable bonds is 3. The largest absolute Gasteiger partial charge is 0.372 e. The van der Waals surface area contributed by atoms with Gasteiger partial charge in [-0.15, -0.1) is 0 Å². The Morgan fingerprint density at radius 1 is 1.26 bits per heavy atom. The predicted molar refractivity (Wildman–Crippen MR) is 71.7 cm³/mol. The van der Waals surface area contributed by atoms with Crippen molar-refractivity contribution in [1.29, 1.82) is 0 Å². The van der Waals surface area contributed by atoms with Gasteiger partial charge in [-0.1, -0.05) is 12.1 Å². The zero-order chi connectivity index (χ0) is 13.8. The highest BCUT2D eigenvalue weighted by Crippen LogP contribution is 2.20. The minimum Gasteiger partial charge on any atom is -0.372 e. The number of carbonyl (C=O) groups is 1. The number of ether oxygens (including phenoxy) is 1. The lowest BCUT2D eigenvalue weighted by atomic mass is 10.2. The maximum Gasteiger partial charge on any atom is 0.251 e. The molecule has 0 aliphatic carbocycles. The van der Waals surface area contributed by atoms with Crippen LogP contribution in [0.2, 0.25) is 0 Å². The van der Waals surface area contributed by atoms with Crippen LogP contribution < -0.4 is 4.90 Å². The van der Waals surface area contributed by atoms with Gasteiger partial charge in [0.2, 0.25) is 0 Å². The standard InChI is InChI=1S/C14H19FN2O2/c1-11(19-2)14(18)17-9-7-16(8-10-17)13-6-4-3-5-12(13)15/h3-6,11H,7-10H2,1-2H3. The minimum atomic E-state index is -0.417. The van der Waals surface area contributed by atoms with Crippen LogP contribution in [0.25, 0.3) is 0 Å². The highest BCUT2D eigenvalue weighted by atomic mass is 19.1. The van der Waals surface area contributed by atoms with E-state index >= 15 is 0 Å². The molecule has 1 atom stereocenters. The van der Waals surface area contributed by atoms with Crippen molar-refractivity contribution in [3.8, 4) is 0 Å². The first-order chi connectivity index (χ1) is 9.13. The van der Waals surface area contributed by atoms with Crippen molar-refractivity contribution in [3.63, 3.8) is 0 Å². The summed E-state index contributed by atoms with van der Waals surface area (Å²) in [5.41, 5.74) is 0.606. The van der Waals surface area contributed by atoms with Gasteiger partial charge >= 0.3 is 0 Å². The first kappa shape index (κ1) is 13.8. The lowest BCUT2D eigenvalue weighted by Crippen LogP contribution is -2.51. The van der Waals surface area contributed by atoms with Gasteiger partial charge in [-0.25, -0.2) is 4.39 Å². The molecule has 1 aliphatic heterocycles. The lowest BCUT2D eigenvalue weighted by Gasteiger charge is -2.37. The van der Waals surface area contributed by atoms with Crippen LogP contribution in [-0.2, 0) is 9.53 Å². The molecule has 0 N–H and O–H groups in total. The first-order valence-corrected chi connectivity index (χ1v) is 6.44. The Labute approximate surface area is 112 Å². The van der Waals surface area contributed by atoms with E-state index in [4.69, 9.17) is 4.74 Å². The van der Waals surface area contributed by atoms with Crippen molar-refractivity contribution in [3.05, 3.63) is 30.1 Å². The van der Waals surface area contributed by atoms with Gasteiger partial charge in [0.05, 0.1) is 5.69 Å². The van der Waals surface area contributed by atoms with Crippen molar-refractivity contribution in [2.75, 3.05) is 38.2 Å². The van der Waals surface area contributed by atoms with Gasteiger partial charge in [-0.05, 0) is 19.1 Å². The van der Waals surface area contributed by atoms with E-state index in [0.29, 0.717) is 31.9 Å². The maximum absolute atomic E-state index is 13.7. The van der Waals surface area contributed by atoms with Gasteiger partial charge in [0.1, 0.15) is 11.9 Å². The predicted octanol–water partition coefficient (Wildman–Crippen LogP) is 1.51. The quantitative estimate of drug-likeness (QED) is 0.831. The number of nitrogens with zero attached hydrogens (tertiary/aromatic N) is 2. The van der Waals surface area contributed by atoms with Gasteiger partial charge in [-0.3, -0.25) is 4.79 Å². The van der Waals surface area contributed by atoms with E-state index in [1.165, 1.54) is 13.2 Å². The number of halogens is 1. The Balaban J connectivity index is 1.96. The second kappa shape index (κ2) is 6.02. The molecule has 1 aliphatic rings. The van der Waals surface area contributed by atoms with Crippen LogP contribution in [0.15, 0.2) is 24.3 Å². The molecule has 0 radical (unpaired) electrons. The molecule has 1 saturated heterocycles. The Bertz CT molecular complexity index is 445. The molecule has 104 valence electrons. The van der Waals surface area contributed by atoms with Gasteiger partial charge in [0, 0.05) is 33.3 Å². The normalized spacial score (nSPS) is 17.4. The second-order valence-electron chi connectivity index (χ2n) is 4.64. The Hall–Kier alpha value is -1.62. The fourth-order valence-electron chi connectivity index (χ4n) is 2.23. The van der Waals surface area contributed by atoms with Crippen molar-refractivity contribution in [2.24, 2.45) is 0 Å². The molecule has 2 rings (SSSR count). The molecule has 1 unspecified atom stereocenters. The summed E-state index contributed by atoms with van der Waals surface area (Å²) in [6, 6.07) is 6.73. The number of hydrogen-bond acceptors (Lipinski definition) is 3. The monoisotopic (exact) mass is 266 g/mol. The van der Waals surface area contributed by atoms with E-state index in [0.717, 1.165) is 0 Å². The lowest BCUT2D eigenvalue weighted by molar-refractivity contribution is -0.141. The molecule has 0 aromatic heterocycles. The first-order valence-electron chi connectivity index (χ1n) is 6.44. The molecule has 1 aromatic rings. The van der Waals surface area contributed by atoms with Crippen molar-refractivity contribution in [1.82, 2.24) is 4.90 Å². The van der Waals surface area contributed by atoms with E-state index in [1.807, 2.05) is 11.0 Å². The van der Waals surface area contributed by atoms with Crippen LogP contribution >= 0.6 is 0 Å². The number of hydrogen-bond donors (Lipinski definition) is 0. The summed E-state index contributed by atoms with van der Waals surface area (Å²) >= 11 is 0.